The van der Waals surface area contributed by atoms with Crippen molar-refractivity contribution in [2.24, 2.45) is 0 Å². The van der Waals surface area contributed by atoms with Crippen molar-refractivity contribution in [3.8, 4) is 0 Å². The quantitative estimate of drug-likeness (QED) is 0.710. The van der Waals surface area contributed by atoms with Crippen molar-refractivity contribution in [3.63, 3.8) is 0 Å². The fourth-order valence-corrected chi connectivity index (χ4v) is 1.77. The van der Waals surface area contributed by atoms with Crippen LogP contribution in [0, 0.1) is 0 Å². The third-order valence-corrected chi connectivity index (χ3v) is 2.75. The molecular formula is C14H15F2N. The van der Waals surface area contributed by atoms with Crippen LogP contribution < -0.4 is 0 Å². The summed E-state index contributed by atoms with van der Waals surface area (Å²) in [6.45, 7) is 5.91. The molecule has 1 aromatic carbocycles. The van der Waals surface area contributed by atoms with E-state index < -0.39 is 6.43 Å². The van der Waals surface area contributed by atoms with Crippen LogP contribution in [0.1, 0.15) is 38.5 Å². The molecule has 0 unspecified atom stereocenters. The number of hydrogen-bond acceptors (Lipinski definition) is 1. The summed E-state index contributed by atoms with van der Waals surface area (Å²) in [5, 5.41) is 0.538. The predicted octanol–water partition coefficient (Wildman–Crippen LogP) is 4.47. The number of rotatable bonds is 1. The Morgan fingerprint density at radius 3 is 2.35 bits per heavy atom. The standard InChI is InChI=1S/C14H15F2N/c1-14(2,3)12-8-10(13(15)16)9-6-4-5-7-11(9)17-12/h4-8,13H,1-3H3. The second-order valence-electron chi connectivity index (χ2n) is 5.16. The van der Waals surface area contributed by atoms with Crippen molar-refractivity contribution < 1.29 is 8.78 Å². The van der Waals surface area contributed by atoms with Crippen LogP contribution in [0.2, 0.25) is 0 Å². The average Bonchev–Trinajstić information content (AvgIpc) is 2.26. The molecule has 0 aliphatic heterocycles. The van der Waals surface area contributed by atoms with E-state index in [1.807, 2.05) is 26.8 Å². The molecular weight excluding hydrogens is 220 g/mol. The Labute approximate surface area is 99.5 Å². The maximum absolute atomic E-state index is 13.0. The molecule has 3 heteroatoms. The lowest BCUT2D eigenvalue weighted by atomic mass is 9.90. The van der Waals surface area contributed by atoms with E-state index in [1.165, 1.54) is 6.07 Å². The van der Waals surface area contributed by atoms with Crippen LogP contribution in [-0.4, -0.2) is 4.98 Å². The summed E-state index contributed by atoms with van der Waals surface area (Å²) < 4.78 is 26.1. The zero-order valence-electron chi connectivity index (χ0n) is 10.2. The summed E-state index contributed by atoms with van der Waals surface area (Å²) in [7, 11) is 0. The monoisotopic (exact) mass is 235 g/mol. The summed E-state index contributed by atoms with van der Waals surface area (Å²) >= 11 is 0. The van der Waals surface area contributed by atoms with Gasteiger partial charge in [0.25, 0.3) is 6.43 Å². The second-order valence-corrected chi connectivity index (χ2v) is 5.16. The molecule has 0 aliphatic rings. The summed E-state index contributed by atoms with van der Waals surface area (Å²) in [6, 6.07) is 8.56. The molecule has 2 aromatic rings. The van der Waals surface area contributed by atoms with Gasteiger partial charge < -0.3 is 0 Å². The lowest BCUT2D eigenvalue weighted by Gasteiger charge is -2.19. The number of pyridine rings is 1. The van der Waals surface area contributed by atoms with Gasteiger partial charge in [-0.1, -0.05) is 39.0 Å². The van der Waals surface area contributed by atoms with Crippen LogP contribution in [0.5, 0.6) is 0 Å². The minimum absolute atomic E-state index is 0.0699. The number of fused-ring (bicyclic) bond motifs is 1. The van der Waals surface area contributed by atoms with Crippen LogP contribution in [0.15, 0.2) is 30.3 Å². The second kappa shape index (κ2) is 4.06. The molecule has 0 aliphatic carbocycles. The Kier molecular flexibility index (Phi) is 2.86. The molecule has 1 aromatic heterocycles. The van der Waals surface area contributed by atoms with Crippen molar-refractivity contribution in [2.75, 3.05) is 0 Å². The molecule has 0 bridgehead atoms. The van der Waals surface area contributed by atoms with Gasteiger partial charge in [0.15, 0.2) is 0 Å². The molecule has 2 rings (SSSR count). The molecule has 17 heavy (non-hydrogen) atoms. The third-order valence-electron chi connectivity index (χ3n) is 2.75. The molecule has 90 valence electrons. The highest BCUT2D eigenvalue weighted by Gasteiger charge is 2.20. The highest BCUT2D eigenvalue weighted by atomic mass is 19.3. The number of hydrogen-bond donors (Lipinski definition) is 0. The van der Waals surface area contributed by atoms with Gasteiger partial charge in [0.1, 0.15) is 0 Å². The van der Waals surface area contributed by atoms with E-state index in [-0.39, 0.29) is 11.0 Å². The summed E-state index contributed by atoms with van der Waals surface area (Å²) in [5.41, 5.74) is 1.18. The van der Waals surface area contributed by atoms with Gasteiger partial charge in [-0.05, 0) is 12.1 Å². The minimum atomic E-state index is -2.47. The summed E-state index contributed by atoms with van der Waals surface area (Å²) in [6.07, 6.45) is -2.47. The average molecular weight is 235 g/mol. The Morgan fingerprint density at radius 2 is 1.76 bits per heavy atom. The topological polar surface area (TPSA) is 12.9 Å². The van der Waals surface area contributed by atoms with Crippen LogP contribution in [-0.2, 0) is 5.41 Å². The van der Waals surface area contributed by atoms with E-state index >= 15 is 0 Å². The first-order valence-corrected chi connectivity index (χ1v) is 5.58. The van der Waals surface area contributed by atoms with Crippen molar-refractivity contribution in [1.82, 2.24) is 4.98 Å². The summed E-state index contributed by atoms with van der Waals surface area (Å²) in [5.74, 6) is 0. The number of alkyl halides is 2. The molecule has 0 N–H and O–H groups in total. The molecule has 0 saturated carbocycles. The van der Waals surface area contributed by atoms with Crippen molar-refractivity contribution >= 4 is 10.9 Å². The normalized spacial score (nSPS) is 12.4. The Balaban J connectivity index is 2.76. The van der Waals surface area contributed by atoms with Crippen LogP contribution in [0.4, 0.5) is 8.78 Å². The van der Waals surface area contributed by atoms with Gasteiger partial charge in [0, 0.05) is 22.1 Å². The molecule has 0 atom stereocenters. The van der Waals surface area contributed by atoms with E-state index in [2.05, 4.69) is 4.98 Å². The van der Waals surface area contributed by atoms with E-state index in [0.717, 1.165) is 0 Å². The van der Waals surface area contributed by atoms with Crippen LogP contribution in [0.3, 0.4) is 0 Å². The SMILES string of the molecule is CC(C)(C)c1cc(C(F)F)c2ccccc2n1. The molecule has 0 amide bonds. The molecule has 0 radical (unpaired) electrons. The minimum Gasteiger partial charge on any atom is -0.252 e. The number of halogens is 2. The zero-order valence-corrected chi connectivity index (χ0v) is 10.2. The lowest BCUT2D eigenvalue weighted by Crippen LogP contribution is -2.14. The Bertz CT molecular complexity index is 541. The van der Waals surface area contributed by atoms with Crippen molar-refractivity contribution in [1.29, 1.82) is 0 Å². The first kappa shape index (κ1) is 12.0. The highest BCUT2D eigenvalue weighted by molar-refractivity contribution is 5.82. The predicted molar refractivity (Wildman–Crippen MR) is 65.4 cm³/mol. The molecule has 1 heterocycles. The van der Waals surface area contributed by atoms with Crippen molar-refractivity contribution in [2.45, 2.75) is 32.6 Å². The first-order valence-electron chi connectivity index (χ1n) is 5.58. The molecule has 1 nitrogen and oxygen atoms in total. The number of benzene rings is 1. The van der Waals surface area contributed by atoms with E-state index in [9.17, 15) is 8.78 Å². The van der Waals surface area contributed by atoms with Gasteiger partial charge in [0.2, 0.25) is 0 Å². The van der Waals surface area contributed by atoms with E-state index in [0.29, 0.717) is 16.6 Å². The third kappa shape index (κ3) is 2.28. The summed E-state index contributed by atoms with van der Waals surface area (Å²) in [4.78, 5) is 4.46. The lowest BCUT2D eigenvalue weighted by molar-refractivity contribution is 0.153. The maximum Gasteiger partial charge on any atom is 0.264 e. The molecule has 0 spiro atoms. The number of para-hydroxylation sites is 1. The largest absolute Gasteiger partial charge is 0.264 e. The Morgan fingerprint density at radius 1 is 1.12 bits per heavy atom. The number of nitrogens with zero attached hydrogens (tertiary/aromatic N) is 1. The number of aromatic nitrogens is 1. The van der Waals surface area contributed by atoms with E-state index in [4.69, 9.17) is 0 Å². The molecule has 0 saturated heterocycles. The van der Waals surface area contributed by atoms with Gasteiger partial charge in [-0.15, -0.1) is 0 Å². The van der Waals surface area contributed by atoms with Crippen molar-refractivity contribution in [3.05, 3.63) is 41.6 Å². The van der Waals surface area contributed by atoms with Crippen LogP contribution in [0.25, 0.3) is 10.9 Å². The zero-order chi connectivity index (χ0) is 12.6. The van der Waals surface area contributed by atoms with E-state index in [1.54, 1.807) is 18.2 Å². The maximum atomic E-state index is 13.0. The van der Waals surface area contributed by atoms with Crippen LogP contribution >= 0.6 is 0 Å². The highest BCUT2D eigenvalue weighted by Crippen LogP contribution is 2.31. The smallest absolute Gasteiger partial charge is 0.252 e. The van der Waals surface area contributed by atoms with Gasteiger partial charge in [0.05, 0.1) is 5.52 Å². The fourth-order valence-electron chi connectivity index (χ4n) is 1.77. The van der Waals surface area contributed by atoms with Gasteiger partial charge in [-0.3, -0.25) is 4.98 Å². The Hall–Kier alpha value is -1.51. The van der Waals surface area contributed by atoms with Gasteiger partial charge in [-0.2, -0.15) is 0 Å². The van der Waals surface area contributed by atoms with Gasteiger partial charge >= 0.3 is 0 Å². The first-order chi connectivity index (χ1) is 7.89. The fraction of sp³-hybridized carbons (Fsp3) is 0.357. The molecule has 0 fully saturated rings. The van der Waals surface area contributed by atoms with Gasteiger partial charge in [-0.25, -0.2) is 8.78 Å².